The molecule has 0 radical (unpaired) electrons. The molecule has 0 spiro atoms. The molecule has 2 aromatic carbocycles. The van der Waals surface area contributed by atoms with Crippen molar-refractivity contribution >= 4 is 5.97 Å². The Morgan fingerprint density at radius 1 is 1.05 bits per heavy atom. The highest BCUT2D eigenvalue weighted by Crippen LogP contribution is 2.41. The summed E-state index contributed by atoms with van der Waals surface area (Å²) in [5.74, 6) is 0.640. The Hall–Kier alpha value is -2.09. The fraction of sp³-hybridized carbons (Fsp3) is 0.350. The van der Waals surface area contributed by atoms with Crippen LogP contribution in [0.25, 0.3) is 0 Å². The predicted molar refractivity (Wildman–Crippen MR) is 88.4 cm³/mol. The van der Waals surface area contributed by atoms with Gasteiger partial charge >= 0.3 is 5.97 Å². The van der Waals surface area contributed by atoms with Crippen LogP contribution in [0.4, 0.5) is 0 Å². The molecule has 2 heteroatoms. The minimum atomic E-state index is -0.149. The van der Waals surface area contributed by atoms with E-state index in [4.69, 9.17) is 4.74 Å². The fourth-order valence-corrected chi connectivity index (χ4v) is 3.08. The van der Waals surface area contributed by atoms with Crippen molar-refractivity contribution in [2.24, 2.45) is 0 Å². The van der Waals surface area contributed by atoms with Crippen LogP contribution in [0.3, 0.4) is 0 Å². The second-order valence-corrected chi connectivity index (χ2v) is 7.09. The molecule has 2 nitrogen and oxygen atoms in total. The number of rotatable bonds is 1. The van der Waals surface area contributed by atoms with Crippen molar-refractivity contribution in [3.8, 4) is 5.75 Å². The largest absolute Gasteiger partial charge is 0.426 e. The number of benzene rings is 2. The van der Waals surface area contributed by atoms with E-state index in [2.05, 4.69) is 52.0 Å². The molecule has 1 aliphatic heterocycles. The molecule has 2 aromatic rings. The van der Waals surface area contributed by atoms with Crippen LogP contribution in [-0.4, -0.2) is 5.97 Å². The van der Waals surface area contributed by atoms with Gasteiger partial charge in [-0.2, -0.15) is 0 Å². The fourth-order valence-electron chi connectivity index (χ4n) is 3.08. The van der Waals surface area contributed by atoms with Gasteiger partial charge < -0.3 is 4.74 Å². The zero-order chi connectivity index (χ0) is 15.9. The Morgan fingerprint density at radius 2 is 1.77 bits per heavy atom. The normalized spacial score (nSPS) is 17.8. The van der Waals surface area contributed by atoms with Crippen molar-refractivity contribution < 1.29 is 9.53 Å². The standard InChI is InChI=1S/C20H22O2/c1-13-7-5-6-8-15(13)16-12-19(21)22-18-10-9-14(11-17(16)18)20(2,3)4/h5-11,16H,12H2,1-4H3/t16-/m1/s1. The highest BCUT2D eigenvalue weighted by Gasteiger charge is 2.30. The highest BCUT2D eigenvalue weighted by atomic mass is 16.5. The van der Waals surface area contributed by atoms with Crippen LogP contribution in [0.15, 0.2) is 42.5 Å². The number of fused-ring (bicyclic) bond motifs is 1. The van der Waals surface area contributed by atoms with Gasteiger partial charge in [-0.05, 0) is 35.1 Å². The van der Waals surface area contributed by atoms with Crippen molar-refractivity contribution in [2.45, 2.75) is 45.4 Å². The molecule has 114 valence electrons. The maximum atomic E-state index is 12.0. The van der Waals surface area contributed by atoms with Gasteiger partial charge in [0.1, 0.15) is 5.75 Å². The lowest BCUT2D eigenvalue weighted by Crippen LogP contribution is -2.22. The van der Waals surface area contributed by atoms with Gasteiger partial charge in [0.25, 0.3) is 0 Å². The molecular weight excluding hydrogens is 272 g/mol. The van der Waals surface area contributed by atoms with Crippen LogP contribution in [0.5, 0.6) is 5.75 Å². The van der Waals surface area contributed by atoms with E-state index in [0.717, 1.165) is 5.56 Å². The summed E-state index contributed by atoms with van der Waals surface area (Å²) in [6.07, 6.45) is 0.408. The summed E-state index contributed by atoms with van der Waals surface area (Å²) in [5.41, 5.74) is 4.90. The smallest absolute Gasteiger partial charge is 0.312 e. The van der Waals surface area contributed by atoms with E-state index in [0.29, 0.717) is 12.2 Å². The average Bonchev–Trinajstić information content (AvgIpc) is 2.45. The molecule has 0 saturated heterocycles. The summed E-state index contributed by atoms with van der Waals surface area (Å²) < 4.78 is 5.45. The molecule has 0 aromatic heterocycles. The monoisotopic (exact) mass is 294 g/mol. The molecule has 3 rings (SSSR count). The number of hydrogen-bond donors (Lipinski definition) is 0. The molecule has 0 aliphatic carbocycles. The maximum Gasteiger partial charge on any atom is 0.312 e. The minimum absolute atomic E-state index is 0.0762. The lowest BCUT2D eigenvalue weighted by molar-refractivity contribution is -0.135. The summed E-state index contributed by atoms with van der Waals surface area (Å²) >= 11 is 0. The second kappa shape index (κ2) is 5.28. The van der Waals surface area contributed by atoms with Crippen molar-refractivity contribution in [1.82, 2.24) is 0 Å². The van der Waals surface area contributed by atoms with E-state index in [1.165, 1.54) is 16.7 Å². The first-order chi connectivity index (χ1) is 10.4. The van der Waals surface area contributed by atoms with E-state index in [1.54, 1.807) is 0 Å². The third-order valence-corrected chi connectivity index (χ3v) is 4.41. The van der Waals surface area contributed by atoms with Crippen molar-refractivity contribution in [1.29, 1.82) is 0 Å². The topological polar surface area (TPSA) is 26.3 Å². The van der Waals surface area contributed by atoms with Gasteiger partial charge in [-0.3, -0.25) is 4.79 Å². The molecule has 1 aliphatic rings. The number of carbonyl (C=O) groups is 1. The molecule has 22 heavy (non-hydrogen) atoms. The van der Waals surface area contributed by atoms with Crippen LogP contribution in [0.1, 0.15) is 55.4 Å². The Labute approximate surface area is 132 Å². The first-order valence-electron chi connectivity index (χ1n) is 7.77. The number of carbonyl (C=O) groups excluding carboxylic acids is 1. The van der Waals surface area contributed by atoms with Gasteiger partial charge in [0.2, 0.25) is 0 Å². The lowest BCUT2D eigenvalue weighted by atomic mass is 9.80. The molecule has 1 atom stereocenters. The summed E-state index contributed by atoms with van der Waals surface area (Å²) in [5, 5.41) is 0. The van der Waals surface area contributed by atoms with Crippen molar-refractivity contribution in [3.05, 3.63) is 64.7 Å². The highest BCUT2D eigenvalue weighted by molar-refractivity contribution is 5.78. The van der Waals surface area contributed by atoms with Crippen molar-refractivity contribution in [3.63, 3.8) is 0 Å². The van der Waals surface area contributed by atoms with Crippen LogP contribution in [0, 0.1) is 6.92 Å². The molecule has 0 amide bonds. The summed E-state index contributed by atoms with van der Waals surface area (Å²) in [7, 11) is 0. The number of esters is 1. The quantitative estimate of drug-likeness (QED) is 0.561. The SMILES string of the molecule is Cc1ccccc1[C@H]1CC(=O)Oc2ccc(C(C)(C)C)cc21. The van der Waals surface area contributed by atoms with Gasteiger partial charge in [-0.1, -0.05) is 57.2 Å². The van der Waals surface area contributed by atoms with Crippen molar-refractivity contribution in [2.75, 3.05) is 0 Å². The van der Waals surface area contributed by atoms with Gasteiger partial charge in [0.05, 0.1) is 6.42 Å². The van der Waals surface area contributed by atoms with Crippen LogP contribution in [-0.2, 0) is 10.2 Å². The lowest BCUT2D eigenvalue weighted by Gasteiger charge is -2.28. The average molecular weight is 294 g/mol. The van der Waals surface area contributed by atoms with Gasteiger partial charge in [-0.25, -0.2) is 0 Å². The van der Waals surface area contributed by atoms with E-state index < -0.39 is 0 Å². The number of aryl methyl sites for hydroxylation is 1. The Bertz CT molecular complexity index is 723. The third kappa shape index (κ3) is 2.66. The molecule has 0 N–H and O–H groups in total. The third-order valence-electron chi connectivity index (χ3n) is 4.41. The van der Waals surface area contributed by atoms with Gasteiger partial charge in [-0.15, -0.1) is 0 Å². The number of hydrogen-bond acceptors (Lipinski definition) is 2. The molecule has 0 unspecified atom stereocenters. The summed E-state index contributed by atoms with van der Waals surface area (Å²) in [6.45, 7) is 8.70. The van der Waals surface area contributed by atoms with E-state index >= 15 is 0 Å². The van der Waals surface area contributed by atoms with Gasteiger partial charge in [0, 0.05) is 11.5 Å². The molecule has 0 bridgehead atoms. The first kappa shape index (κ1) is 14.8. The van der Waals surface area contributed by atoms with E-state index in [1.807, 2.05) is 18.2 Å². The maximum absolute atomic E-state index is 12.0. The molecule has 1 heterocycles. The number of ether oxygens (including phenoxy) is 1. The minimum Gasteiger partial charge on any atom is -0.426 e. The summed E-state index contributed by atoms with van der Waals surface area (Å²) in [6, 6.07) is 14.5. The second-order valence-electron chi connectivity index (χ2n) is 7.09. The van der Waals surface area contributed by atoms with Gasteiger partial charge in [0.15, 0.2) is 0 Å². The van der Waals surface area contributed by atoms with Crippen LogP contribution >= 0.6 is 0 Å². The zero-order valence-electron chi connectivity index (χ0n) is 13.6. The zero-order valence-corrected chi connectivity index (χ0v) is 13.6. The van der Waals surface area contributed by atoms with E-state index in [9.17, 15) is 4.79 Å². The summed E-state index contributed by atoms with van der Waals surface area (Å²) in [4.78, 5) is 12.0. The Balaban J connectivity index is 2.15. The van der Waals surface area contributed by atoms with E-state index in [-0.39, 0.29) is 17.3 Å². The molecule has 0 fully saturated rings. The Morgan fingerprint density at radius 3 is 2.45 bits per heavy atom. The predicted octanol–water partition coefficient (Wildman–Crippen LogP) is 4.73. The Kier molecular flexibility index (Phi) is 3.56. The first-order valence-corrected chi connectivity index (χ1v) is 7.77. The molecule has 0 saturated carbocycles. The molecular formula is C20H22O2. The van der Waals surface area contributed by atoms with Crippen LogP contribution in [0.2, 0.25) is 0 Å². The van der Waals surface area contributed by atoms with Crippen LogP contribution < -0.4 is 4.74 Å².